The molecule has 0 atom stereocenters. The van der Waals surface area contributed by atoms with Crippen LogP contribution in [0.5, 0.6) is 0 Å². The molecule has 92 valence electrons. The zero-order valence-electron chi connectivity index (χ0n) is 9.89. The first-order valence-corrected chi connectivity index (χ1v) is 6.17. The lowest BCUT2D eigenvalue weighted by atomic mass is 10.2. The van der Waals surface area contributed by atoms with Crippen LogP contribution in [0.1, 0.15) is 5.56 Å². The molecule has 18 heavy (non-hydrogen) atoms. The van der Waals surface area contributed by atoms with Gasteiger partial charge in [-0.3, -0.25) is 5.41 Å². The van der Waals surface area contributed by atoms with Crippen LogP contribution < -0.4 is 10.6 Å². The molecular formula is C13H13BrN4. The summed E-state index contributed by atoms with van der Waals surface area (Å²) < 4.78 is 0.942. The Bertz CT molecular complexity index is 565. The van der Waals surface area contributed by atoms with Gasteiger partial charge < -0.3 is 10.6 Å². The van der Waals surface area contributed by atoms with Crippen molar-refractivity contribution < 1.29 is 0 Å². The summed E-state index contributed by atoms with van der Waals surface area (Å²) in [5.41, 5.74) is 7.13. The number of nitrogen functional groups attached to an aromatic ring is 1. The van der Waals surface area contributed by atoms with Crippen molar-refractivity contribution in [3.8, 4) is 0 Å². The molecule has 4 nitrogen and oxygen atoms in total. The van der Waals surface area contributed by atoms with Crippen molar-refractivity contribution in [2.24, 2.45) is 5.73 Å². The number of nitrogens with one attached hydrogen (secondary N) is 1. The van der Waals surface area contributed by atoms with Gasteiger partial charge in [-0.15, -0.1) is 0 Å². The molecule has 0 fully saturated rings. The summed E-state index contributed by atoms with van der Waals surface area (Å²) in [6.07, 6.45) is 1.75. The summed E-state index contributed by atoms with van der Waals surface area (Å²) in [5, 5.41) is 7.44. The normalized spacial score (nSPS) is 10.1. The fraction of sp³-hybridized carbons (Fsp3) is 0.0769. The molecule has 1 aromatic heterocycles. The molecule has 2 aromatic rings. The van der Waals surface area contributed by atoms with Crippen LogP contribution in [0.15, 0.2) is 47.1 Å². The van der Waals surface area contributed by atoms with Crippen molar-refractivity contribution in [2.75, 3.05) is 11.9 Å². The van der Waals surface area contributed by atoms with Crippen LogP contribution in [0, 0.1) is 5.41 Å². The minimum Gasteiger partial charge on any atom is -0.384 e. The average Bonchev–Trinajstić information content (AvgIpc) is 2.39. The maximum Gasteiger partial charge on any atom is 0.132 e. The summed E-state index contributed by atoms with van der Waals surface area (Å²) in [6, 6.07) is 11.4. The van der Waals surface area contributed by atoms with Crippen LogP contribution in [0.2, 0.25) is 0 Å². The van der Waals surface area contributed by atoms with Crippen molar-refractivity contribution in [1.82, 2.24) is 4.98 Å². The van der Waals surface area contributed by atoms with Crippen molar-refractivity contribution in [3.05, 3.63) is 52.6 Å². The third-order valence-corrected chi connectivity index (χ3v) is 3.07. The van der Waals surface area contributed by atoms with E-state index >= 15 is 0 Å². The first-order chi connectivity index (χ1) is 8.58. The number of pyridine rings is 1. The summed E-state index contributed by atoms with van der Waals surface area (Å²) >= 11 is 3.36. The second-order valence-corrected chi connectivity index (χ2v) is 4.77. The van der Waals surface area contributed by atoms with Crippen molar-refractivity contribution in [3.63, 3.8) is 0 Å². The molecule has 0 aliphatic carbocycles. The number of anilines is 2. The second kappa shape index (κ2) is 5.18. The van der Waals surface area contributed by atoms with Crippen molar-refractivity contribution in [1.29, 1.82) is 5.41 Å². The van der Waals surface area contributed by atoms with E-state index in [1.54, 1.807) is 6.20 Å². The zero-order valence-corrected chi connectivity index (χ0v) is 11.5. The highest BCUT2D eigenvalue weighted by Gasteiger charge is 2.06. The van der Waals surface area contributed by atoms with Crippen LogP contribution in [0.4, 0.5) is 11.5 Å². The van der Waals surface area contributed by atoms with Gasteiger partial charge in [0.25, 0.3) is 0 Å². The molecule has 3 N–H and O–H groups in total. The number of rotatable bonds is 3. The van der Waals surface area contributed by atoms with E-state index in [-0.39, 0.29) is 5.84 Å². The van der Waals surface area contributed by atoms with Crippen LogP contribution in [-0.4, -0.2) is 17.9 Å². The first-order valence-electron chi connectivity index (χ1n) is 5.37. The van der Waals surface area contributed by atoms with E-state index in [1.165, 1.54) is 0 Å². The van der Waals surface area contributed by atoms with Gasteiger partial charge in [-0.25, -0.2) is 4.98 Å². The highest BCUT2D eigenvalue weighted by Crippen LogP contribution is 2.23. The van der Waals surface area contributed by atoms with Crippen LogP contribution >= 0.6 is 15.9 Å². The Hall–Kier alpha value is -1.88. The summed E-state index contributed by atoms with van der Waals surface area (Å²) in [7, 11) is 1.93. The smallest absolute Gasteiger partial charge is 0.132 e. The molecule has 2 rings (SSSR count). The van der Waals surface area contributed by atoms with Crippen molar-refractivity contribution in [2.45, 2.75) is 0 Å². The number of benzene rings is 1. The van der Waals surface area contributed by atoms with E-state index in [9.17, 15) is 0 Å². The molecule has 0 aliphatic rings. The fourth-order valence-electron chi connectivity index (χ4n) is 1.58. The van der Waals surface area contributed by atoms with Crippen LogP contribution in [-0.2, 0) is 0 Å². The molecular weight excluding hydrogens is 292 g/mol. The maximum atomic E-state index is 7.44. The number of amidine groups is 1. The van der Waals surface area contributed by atoms with Gasteiger partial charge in [0.05, 0.1) is 0 Å². The van der Waals surface area contributed by atoms with E-state index in [0.29, 0.717) is 5.56 Å². The Morgan fingerprint density at radius 3 is 2.72 bits per heavy atom. The van der Waals surface area contributed by atoms with E-state index in [1.807, 2.05) is 48.3 Å². The number of aromatic nitrogens is 1. The SMILES string of the molecule is CN(c1cccc(C(=N)N)c1)c1ccc(Br)cn1. The predicted molar refractivity (Wildman–Crippen MR) is 77.5 cm³/mol. The van der Waals surface area contributed by atoms with Gasteiger partial charge in [0, 0.05) is 29.0 Å². The van der Waals surface area contributed by atoms with Gasteiger partial charge in [0.1, 0.15) is 11.7 Å². The third kappa shape index (κ3) is 2.68. The lowest BCUT2D eigenvalue weighted by Crippen LogP contribution is -2.14. The highest BCUT2D eigenvalue weighted by atomic mass is 79.9. The number of nitrogens with zero attached hydrogens (tertiary/aromatic N) is 2. The monoisotopic (exact) mass is 304 g/mol. The van der Waals surface area contributed by atoms with Gasteiger partial charge in [0.2, 0.25) is 0 Å². The Morgan fingerprint density at radius 1 is 1.33 bits per heavy atom. The topological polar surface area (TPSA) is 66.0 Å². The minimum absolute atomic E-state index is 0.0639. The number of hydrogen-bond donors (Lipinski definition) is 2. The lowest BCUT2D eigenvalue weighted by Gasteiger charge is -2.18. The molecule has 0 saturated heterocycles. The maximum absolute atomic E-state index is 7.44. The third-order valence-electron chi connectivity index (χ3n) is 2.60. The first kappa shape index (κ1) is 12.6. The van der Waals surface area contributed by atoms with E-state index in [4.69, 9.17) is 11.1 Å². The Kier molecular flexibility index (Phi) is 3.62. The van der Waals surface area contributed by atoms with Gasteiger partial charge in [0.15, 0.2) is 0 Å². The highest BCUT2D eigenvalue weighted by molar-refractivity contribution is 9.10. The summed E-state index contributed by atoms with van der Waals surface area (Å²) in [6.45, 7) is 0. The number of halogens is 1. The van der Waals surface area contributed by atoms with Gasteiger partial charge >= 0.3 is 0 Å². The van der Waals surface area contributed by atoms with Crippen molar-refractivity contribution >= 4 is 33.3 Å². The Labute approximate surface area is 114 Å². The molecule has 0 saturated carbocycles. The molecule has 1 aromatic carbocycles. The molecule has 0 amide bonds. The fourth-order valence-corrected chi connectivity index (χ4v) is 1.82. The number of hydrogen-bond acceptors (Lipinski definition) is 3. The van der Waals surface area contributed by atoms with Gasteiger partial charge in [-0.2, -0.15) is 0 Å². The van der Waals surface area contributed by atoms with E-state index < -0.39 is 0 Å². The standard InChI is InChI=1S/C13H13BrN4/c1-18(12-6-5-10(14)8-17-12)11-4-2-3-9(7-11)13(15)16/h2-8H,1H3,(H3,15,16). The predicted octanol–water partition coefficient (Wildman–Crippen LogP) is 2.90. The Morgan fingerprint density at radius 2 is 2.11 bits per heavy atom. The van der Waals surface area contributed by atoms with E-state index in [0.717, 1.165) is 16.0 Å². The lowest BCUT2D eigenvalue weighted by molar-refractivity contribution is 1.12. The Balaban J connectivity index is 2.33. The van der Waals surface area contributed by atoms with E-state index in [2.05, 4.69) is 20.9 Å². The summed E-state index contributed by atoms with van der Waals surface area (Å²) in [4.78, 5) is 6.27. The molecule has 0 bridgehead atoms. The largest absolute Gasteiger partial charge is 0.384 e. The quantitative estimate of drug-likeness (QED) is 0.677. The van der Waals surface area contributed by atoms with Gasteiger partial charge in [-0.05, 0) is 40.2 Å². The molecule has 1 heterocycles. The minimum atomic E-state index is 0.0639. The average molecular weight is 305 g/mol. The molecule has 0 spiro atoms. The second-order valence-electron chi connectivity index (χ2n) is 3.86. The molecule has 0 aliphatic heterocycles. The van der Waals surface area contributed by atoms with Crippen LogP contribution in [0.3, 0.4) is 0 Å². The zero-order chi connectivity index (χ0) is 13.1. The number of nitrogens with two attached hydrogens (primary N) is 1. The summed E-state index contributed by atoms with van der Waals surface area (Å²) in [5.74, 6) is 0.896. The molecule has 0 unspecified atom stereocenters. The van der Waals surface area contributed by atoms with Crippen LogP contribution in [0.25, 0.3) is 0 Å². The molecule has 5 heteroatoms. The molecule has 0 radical (unpaired) electrons. The van der Waals surface area contributed by atoms with Gasteiger partial charge in [-0.1, -0.05) is 12.1 Å².